The number of nitrogens with zero attached hydrogens (tertiary/aromatic N) is 2. The highest BCUT2D eigenvalue weighted by molar-refractivity contribution is 5.81. The van der Waals surface area contributed by atoms with Crippen molar-refractivity contribution in [2.45, 2.75) is 64.9 Å². The van der Waals surface area contributed by atoms with Gasteiger partial charge in [0.1, 0.15) is 6.33 Å². The van der Waals surface area contributed by atoms with Crippen molar-refractivity contribution in [2.24, 2.45) is 28.6 Å². The Labute approximate surface area is 243 Å². The van der Waals surface area contributed by atoms with Gasteiger partial charge in [0, 0.05) is 29.4 Å². The highest BCUT2D eigenvalue weighted by atomic mass is 16.5. The molecule has 2 N–H and O–H groups in total. The van der Waals surface area contributed by atoms with Crippen LogP contribution in [0, 0.1) is 28.6 Å². The monoisotopic (exact) mass is 553 g/mol. The molecule has 4 aliphatic rings. The molecule has 216 valence electrons. The standard InChI is InChI=1S/C35H43N3O3/c1-34-15-13-25(39)18-23(34)9-11-26-27(34)14-16-35(2)28(26)17-22(20-36-24-10-12-31(40-3)32(19-24)41-4)33(35)38-21-37-29-7-5-6-8-30(29)38/h5-10,12,19,21,25-28,36,39H,11,13-18,20H2,1-4H3/t25-,26+,27-,28-,34-,35-/m0/s1. The largest absolute Gasteiger partial charge is 0.493 e. The van der Waals surface area contributed by atoms with Crippen LogP contribution in [0.2, 0.25) is 0 Å². The van der Waals surface area contributed by atoms with Crippen LogP contribution in [-0.4, -0.2) is 41.5 Å². The second-order valence-corrected chi connectivity index (χ2v) is 13.3. The van der Waals surface area contributed by atoms with E-state index in [9.17, 15) is 5.11 Å². The first kappa shape index (κ1) is 26.6. The molecule has 7 rings (SSSR count). The van der Waals surface area contributed by atoms with Crippen LogP contribution in [0.15, 0.2) is 66.0 Å². The zero-order chi connectivity index (χ0) is 28.4. The van der Waals surface area contributed by atoms with Crippen LogP contribution >= 0.6 is 0 Å². The van der Waals surface area contributed by atoms with Gasteiger partial charge in [0.2, 0.25) is 0 Å². The van der Waals surface area contributed by atoms with Crippen molar-refractivity contribution in [3.63, 3.8) is 0 Å². The normalized spacial score (nSPS) is 32.7. The van der Waals surface area contributed by atoms with E-state index in [1.807, 2.05) is 12.1 Å². The van der Waals surface area contributed by atoms with E-state index in [0.717, 1.165) is 61.4 Å². The molecule has 2 saturated carbocycles. The molecule has 41 heavy (non-hydrogen) atoms. The van der Waals surface area contributed by atoms with Crippen molar-refractivity contribution in [1.29, 1.82) is 0 Å². The number of allylic oxidation sites excluding steroid dienone is 2. The number of hydrogen-bond donors (Lipinski definition) is 2. The molecule has 6 nitrogen and oxygen atoms in total. The van der Waals surface area contributed by atoms with E-state index in [-0.39, 0.29) is 16.9 Å². The van der Waals surface area contributed by atoms with E-state index in [2.05, 4.69) is 66.5 Å². The molecule has 0 bridgehead atoms. The third-order valence-electron chi connectivity index (χ3n) is 11.4. The summed E-state index contributed by atoms with van der Waals surface area (Å²) in [5.74, 6) is 3.40. The SMILES string of the molecule is COc1ccc(NCC2=C(n3cnc4ccccc43)[C@@]3(C)CC[C@H]4[C@@H](CC=C5C[C@@H](O)CC[C@@]54C)[C@@H]3C2)cc1OC. The summed E-state index contributed by atoms with van der Waals surface area (Å²) in [5, 5.41) is 14.2. The van der Waals surface area contributed by atoms with Crippen molar-refractivity contribution in [3.8, 4) is 11.5 Å². The van der Waals surface area contributed by atoms with Gasteiger partial charge in [-0.3, -0.25) is 0 Å². The average molecular weight is 554 g/mol. The summed E-state index contributed by atoms with van der Waals surface area (Å²) >= 11 is 0. The first-order valence-electron chi connectivity index (χ1n) is 15.3. The van der Waals surface area contributed by atoms with Crippen molar-refractivity contribution in [1.82, 2.24) is 9.55 Å². The molecule has 0 spiro atoms. The lowest BCUT2D eigenvalue weighted by Crippen LogP contribution is -2.50. The lowest BCUT2D eigenvalue weighted by molar-refractivity contribution is -0.0251. The highest BCUT2D eigenvalue weighted by Crippen LogP contribution is 2.67. The fraction of sp³-hybridized carbons (Fsp3) is 0.514. The van der Waals surface area contributed by atoms with Crippen LogP contribution in [0.1, 0.15) is 58.8 Å². The van der Waals surface area contributed by atoms with E-state index in [4.69, 9.17) is 14.5 Å². The van der Waals surface area contributed by atoms with Crippen LogP contribution in [0.4, 0.5) is 5.69 Å². The van der Waals surface area contributed by atoms with Gasteiger partial charge in [-0.25, -0.2) is 4.98 Å². The number of para-hydroxylation sites is 2. The summed E-state index contributed by atoms with van der Waals surface area (Å²) < 4.78 is 13.4. The van der Waals surface area contributed by atoms with Gasteiger partial charge < -0.3 is 24.5 Å². The summed E-state index contributed by atoms with van der Waals surface area (Å²) in [6, 6.07) is 14.6. The molecule has 1 aromatic heterocycles. The summed E-state index contributed by atoms with van der Waals surface area (Å²) in [7, 11) is 3.36. The summed E-state index contributed by atoms with van der Waals surface area (Å²) in [5.41, 5.74) is 8.03. The first-order chi connectivity index (χ1) is 19.9. The maximum absolute atomic E-state index is 10.4. The van der Waals surface area contributed by atoms with Gasteiger partial charge in [-0.05, 0) is 98.0 Å². The molecule has 0 unspecified atom stereocenters. The van der Waals surface area contributed by atoms with Gasteiger partial charge in [-0.1, -0.05) is 37.6 Å². The topological polar surface area (TPSA) is 68.5 Å². The molecule has 1 heterocycles. The van der Waals surface area contributed by atoms with Crippen molar-refractivity contribution in [2.75, 3.05) is 26.1 Å². The van der Waals surface area contributed by atoms with Crippen LogP contribution in [0.25, 0.3) is 16.7 Å². The minimum Gasteiger partial charge on any atom is -0.493 e. The summed E-state index contributed by atoms with van der Waals surface area (Å²) in [4.78, 5) is 4.82. The molecule has 4 aliphatic carbocycles. The second kappa shape index (κ2) is 9.94. The number of imidazole rings is 1. The lowest BCUT2D eigenvalue weighted by Gasteiger charge is -2.57. The average Bonchev–Trinajstić information content (AvgIpc) is 3.53. The zero-order valence-electron chi connectivity index (χ0n) is 24.8. The number of aromatic nitrogens is 2. The van der Waals surface area contributed by atoms with Crippen molar-refractivity contribution < 1.29 is 14.6 Å². The Balaban J connectivity index is 1.27. The maximum Gasteiger partial charge on any atom is 0.162 e. The van der Waals surface area contributed by atoms with Gasteiger partial charge in [-0.15, -0.1) is 0 Å². The summed E-state index contributed by atoms with van der Waals surface area (Å²) in [6.45, 7) is 5.83. The minimum absolute atomic E-state index is 0.0785. The Bertz CT molecular complexity index is 1540. The van der Waals surface area contributed by atoms with E-state index in [0.29, 0.717) is 17.8 Å². The van der Waals surface area contributed by atoms with E-state index in [1.165, 1.54) is 35.2 Å². The third kappa shape index (κ3) is 4.12. The van der Waals surface area contributed by atoms with E-state index in [1.54, 1.807) is 14.2 Å². The molecule has 2 aromatic carbocycles. The Morgan fingerprint density at radius 2 is 1.78 bits per heavy atom. The molecule has 2 fully saturated rings. The quantitative estimate of drug-likeness (QED) is 0.313. The third-order valence-corrected chi connectivity index (χ3v) is 11.4. The molecule has 0 amide bonds. The molecule has 0 radical (unpaired) electrons. The number of rotatable bonds is 6. The number of methoxy groups -OCH3 is 2. The van der Waals surface area contributed by atoms with E-state index >= 15 is 0 Å². The van der Waals surface area contributed by atoms with Gasteiger partial charge in [-0.2, -0.15) is 0 Å². The smallest absolute Gasteiger partial charge is 0.162 e. The highest BCUT2D eigenvalue weighted by Gasteiger charge is 2.58. The number of hydrogen-bond acceptors (Lipinski definition) is 5. The predicted octanol–water partition coefficient (Wildman–Crippen LogP) is 7.31. The Morgan fingerprint density at radius 1 is 0.976 bits per heavy atom. The second-order valence-electron chi connectivity index (χ2n) is 13.3. The number of aliphatic hydroxyl groups is 1. The summed E-state index contributed by atoms with van der Waals surface area (Å²) in [6.07, 6.45) is 12.0. The lowest BCUT2D eigenvalue weighted by atomic mass is 9.48. The van der Waals surface area contributed by atoms with Crippen LogP contribution in [-0.2, 0) is 0 Å². The van der Waals surface area contributed by atoms with Crippen LogP contribution in [0.3, 0.4) is 0 Å². The predicted molar refractivity (Wildman–Crippen MR) is 164 cm³/mol. The molecular formula is C35H43N3O3. The van der Waals surface area contributed by atoms with E-state index < -0.39 is 0 Å². The number of fused-ring (bicyclic) bond motifs is 6. The van der Waals surface area contributed by atoms with Gasteiger partial charge in [0.05, 0.1) is 31.4 Å². The first-order valence-corrected chi connectivity index (χ1v) is 15.3. The minimum atomic E-state index is -0.164. The molecule has 6 atom stereocenters. The molecular weight excluding hydrogens is 510 g/mol. The Hall–Kier alpha value is -3.25. The Kier molecular flexibility index (Phi) is 6.46. The fourth-order valence-electron chi connectivity index (χ4n) is 9.29. The fourth-order valence-corrected chi connectivity index (χ4v) is 9.29. The van der Waals surface area contributed by atoms with Gasteiger partial charge >= 0.3 is 0 Å². The molecule has 0 aliphatic heterocycles. The molecule has 3 aromatic rings. The number of benzene rings is 2. The number of nitrogens with one attached hydrogen (secondary N) is 1. The van der Waals surface area contributed by atoms with Crippen molar-refractivity contribution in [3.05, 3.63) is 66.0 Å². The van der Waals surface area contributed by atoms with Gasteiger partial charge in [0.15, 0.2) is 11.5 Å². The number of aliphatic hydroxyl groups excluding tert-OH is 1. The number of ether oxygens (including phenoxy) is 2. The number of anilines is 1. The Morgan fingerprint density at radius 3 is 2.61 bits per heavy atom. The van der Waals surface area contributed by atoms with Gasteiger partial charge in [0.25, 0.3) is 0 Å². The maximum atomic E-state index is 10.4. The van der Waals surface area contributed by atoms with Crippen molar-refractivity contribution >= 4 is 22.4 Å². The zero-order valence-corrected chi connectivity index (χ0v) is 24.8. The molecule has 6 heteroatoms. The van der Waals surface area contributed by atoms with Crippen LogP contribution < -0.4 is 14.8 Å². The van der Waals surface area contributed by atoms with Crippen LogP contribution in [0.5, 0.6) is 11.5 Å². The molecule has 0 saturated heterocycles.